The highest BCUT2D eigenvalue weighted by molar-refractivity contribution is 7.06. The van der Waals surface area contributed by atoms with Gasteiger partial charge >= 0.3 is 6.09 Å². The van der Waals surface area contributed by atoms with Crippen LogP contribution >= 0.6 is 23.1 Å². The maximum absolute atomic E-state index is 12.9. The number of nitrogens with zero attached hydrogens (tertiary/aromatic N) is 2. The van der Waals surface area contributed by atoms with E-state index in [1.165, 1.54) is 11.5 Å². The maximum atomic E-state index is 12.9. The molecule has 11 heteroatoms. The van der Waals surface area contributed by atoms with Gasteiger partial charge in [-0.1, -0.05) is 17.7 Å². The Balaban J connectivity index is 1.75. The van der Waals surface area contributed by atoms with Gasteiger partial charge in [0.15, 0.2) is 5.96 Å². The molecule has 0 aliphatic carbocycles. The van der Waals surface area contributed by atoms with Gasteiger partial charge in [-0.2, -0.15) is 9.37 Å². The van der Waals surface area contributed by atoms with Crippen LogP contribution in [-0.2, 0) is 6.54 Å². The summed E-state index contributed by atoms with van der Waals surface area (Å²) in [5, 5.41) is 14.3. The van der Waals surface area contributed by atoms with Crippen molar-refractivity contribution in [2.75, 3.05) is 12.4 Å². The fraction of sp³-hybridized carbons (Fsp3) is 0.182. The molecule has 0 fully saturated rings. The molecule has 1 aromatic heterocycles. The number of aryl methyl sites for hydroxylation is 2. The van der Waals surface area contributed by atoms with Gasteiger partial charge in [0.1, 0.15) is 5.75 Å². The topological polar surface area (TPSA) is 139 Å². The van der Waals surface area contributed by atoms with E-state index in [-0.39, 0.29) is 17.5 Å². The van der Waals surface area contributed by atoms with Crippen molar-refractivity contribution in [3.05, 3.63) is 63.0 Å². The molecular weight excluding hydrogens is 466 g/mol. The van der Waals surface area contributed by atoms with Gasteiger partial charge in [-0.3, -0.25) is 10.1 Å². The quantitative estimate of drug-likeness (QED) is 0.298. The van der Waals surface area contributed by atoms with Crippen LogP contribution in [0, 0.1) is 13.8 Å². The molecule has 3 aromatic rings. The van der Waals surface area contributed by atoms with E-state index in [2.05, 4.69) is 20.0 Å². The fourth-order valence-corrected chi connectivity index (χ4v) is 4.19. The number of aromatic nitrogens is 1. The molecule has 2 aromatic carbocycles. The number of nitrogens with two attached hydrogens (primary N) is 1. The van der Waals surface area contributed by atoms with E-state index in [4.69, 9.17) is 27.2 Å². The molecule has 0 saturated heterocycles. The van der Waals surface area contributed by atoms with Crippen LogP contribution in [0.1, 0.15) is 26.4 Å². The Morgan fingerprint density at radius 1 is 1.24 bits per heavy atom. The molecule has 0 radical (unpaired) electrons. The molecule has 5 N–H and O–H groups in total. The van der Waals surface area contributed by atoms with Crippen LogP contribution in [0.4, 0.5) is 10.5 Å². The molecule has 0 spiro atoms. The van der Waals surface area contributed by atoms with Crippen molar-refractivity contribution in [1.82, 2.24) is 9.69 Å². The Bertz CT molecular complexity index is 1200. The highest BCUT2D eigenvalue weighted by Gasteiger charge is 2.20. The van der Waals surface area contributed by atoms with Crippen molar-refractivity contribution in [3.8, 4) is 17.0 Å². The van der Waals surface area contributed by atoms with Gasteiger partial charge in [-0.25, -0.2) is 4.79 Å². The Morgan fingerprint density at radius 2 is 1.94 bits per heavy atom. The summed E-state index contributed by atoms with van der Waals surface area (Å²) < 4.78 is 9.57. The number of carbonyl (C=O) groups excluding carboxylic acids is 1. The first-order chi connectivity index (χ1) is 15.7. The van der Waals surface area contributed by atoms with Gasteiger partial charge in [0, 0.05) is 17.0 Å². The molecule has 3 rings (SSSR count). The first-order valence-corrected chi connectivity index (χ1v) is 10.9. The molecule has 0 aliphatic rings. The van der Waals surface area contributed by atoms with Crippen molar-refractivity contribution in [2.45, 2.75) is 20.4 Å². The molecule has 0 atom stereocenters. The van der Waals surface area contributed by atoms with E-state index < -0.39 is 12.0 Å². The number of ether oxygens (including phenoxy) is 1. The highest BCUT2D eigenvalue weighted by Crippen LogP contribution is 2.30. The normalized spacial score (nSPS) is 11.2. The van der Waals surface area contributed by atoms with Crippen LogP contribution in [0.25, 0.3) is 11.3 Å². The van der Waals surface area contributed by atoms with E-state index in [1.54, 1.807) is 45.2 Å². The van der Waals surface area contributed by atoms with E-state index in [1.807, 2.05) is 12.1 Å². The number of methoxy groups -OCH3 is 1. The van der Waals surface area contributed by atoms with Gasteiger partial charge in [-0.15, -0.1) is 0 Å². The molecule has 172 valence electrons. The summed E-state index contributed by atoms with van der Waals surface area (Å²) in [5.41, 5.74) is 9.34. The minimum absolute atomic E-state index is 0.0622. The predicted molar refractivity (Wildman–Crippen MR) is 129 cm³/mol. The van der Waals surface area contributed by atoms with Gasteiger partial charge in [0.25, 0.3) is 5.91 Å². The number of nitrogens with one attached hydrogen (secondary N) is 2. The van der Waals surface area contributed by atoms with Gasteiger partial charge in [-0.05, 0) is 66.8 Å². The maximum Gasteiger partial charge on any atom is 0.409 e. The van der Waals surface area contributed by atoms with Gasteiger partial charge in [0.2, 0.25) is 0 Å². The predicted octanol–water partition coefficient (Wildman–Crippen LogP) is 4.42. The standard InChI is InChI=1S/C22H22ClN5O4S/c1-11-8-13(9-16(23)18(11)26-22(30)31)10-25-21(24)27-20(29)17-12(2)33-28-19(17)14-4-6-15(32-3)7-5-14/h4-9,26H,10H2,1-3H3,(H,30,31)(H3,24,25,27,29). The number of hydrogen-bond donors (Lipinski definition) is 4. The number of carboxylic acid groups (broad SMARTS) is 1. The van der Waals surface area contributed by atoms with Gasteiger partial charge in [0.05, 0.1) is 29.1 Å². The Hall–Kier alpha value is -3.63. The van der Waals surface area contributed by atoms with Gasteiger partial charge < -0.3 is 20.9 Å². The fourth-order valence-electron chi connectivity index (χ4n) is 3.15. The third kappa shape index (κ3) is 5.79. The minimum atomic E-state index is -1.20. The molecular formula is C22H22ClN5O4S. The van der Waals surface area contributed by atoms with Crippen molar-refractivity contribution >= 4 is 46.8 Å². The number of guanidine groups is 1. The first-order valence-electron chi connectivity index (χ1n) is 9.71. The van der Waals surface area contributed by atoms with E-state index >= 15 is 0 Å². The first kappa shape index (κ1) is 24.0. The summed E-state index contributed by atoms with van der Waals surface area (Å²) in [6.07, 6.45) is -1.20. The second kappa shape index (κ2) is 10.3. The average Bonchev–Trinajstić information content (AvgIpc) is 3.16. The van der Waals surface area contributed by atoms with E-state index in [0.29, 0.717) is 28.3 Å². The molecule has 0 bridgehead atoms. The lowest BCUT2D eigenvalue weighted by atomic mass is 10.1. The highest BCUT2D eigenvalue weighted by atomic mass is 35.5. The second-order valence-electron chi connectivity index (χ2n) is 7.05. The zero-order chi connectivity index (χ0) is 24.1. The van der Waals surface area contributed by atoms with Crippen molar-refractivity contribution in [3.63, 3.8) is 0 Å². The summed E-state index contributed by atoms with van der Waals surface area (Å²) in [6, 6.07) is 10.6. The largest absolute Gasteiger partial charge is 0.497 e. The summed E-state index contributed by atoms with van der Waals surface area (Å²) in [7, 11) is 1.58. The van der Waals surface area contributed by atoms with Crippen LogP contribution in [0.15, 0.2) is 41.4 Å². The Labute approximate surface area is 199 Å². The van der Waals surface area contributed by atoms with Crippen LogP contribution in [0.5, 0.6) is 5.75 Å². The molecule has 0 unspecified atom stereocenters. The molecule has 2 amide bonds. The Kier molecular flexibility index (Phi) is 7.52. The lowest BCUT2D eigenvalue weighted by Crippen LogP contribution is -2.32. The third-order valence-corrected chi connectivity index (χ3v) is 5.76. The number of aliphatic imine (C=N–C) groups is 1. The lowest BCUT2D eigenvalue weighted by Gasteiger charge is -2.12. The number of rotatable bonds is 6. The van der Waals surface area contributed by atoms with Crippen LogP contribution < -0.4 is 21.1 Å². The Morgan fingerprint density at radius 3 is 2.55 bits per heavy atom. The van der Waals surface area contributed by atoms with E-state index in [0.717, 1.165) is 16.0 Å². The number of carbonyl (C=O) groups is 2. The molecule has 0 saturated carbocycles. The number of anilines is 1. The zero-order valence-corrected chi connectivity index (χ0v) is 19.7. The number of amides is 2. The van der Waals surface area contributed by atoms with Crippen LogP contribution in [0.3, 0.4) is 0 Å². The molecule has 1 heterocycles. The monoisotopic (exact) mass is 487 g/mol. The average molecular weight is 488 g/mol. The van der Waals surface area contributed by atoms with Crippen molar-refractivity contribution in [2.24, 2.45) is 10.7 Å². The zero-order valence-electron chi connectivity index (χ0n) is 18.1. The minimum Gasteiger partial charge on any atom is -0.497 e. The summed E-state index contributed by atoms with van der Waals surface area (Å²) >= 11 is 7.39. The van der Waals surface area contributed by atoms with Crippen molar-refractivity contribution < 1.29 is 19.4 Å². The SMILES string of the molecule is COc1ccc(-c2nsc(C)c2C(=O)/N=C(/N)NCc2cc(C)c(NC(=O)O)c(Cl)c2)cc1. The second-order valence-corrected chi connectivity index (χ2v) is 8.43. The smallest absolute Gasteiger partial charge is 0.409 e. The van der Waals surface area contributed by atoms with Crippen molar-refractivity contribution in [1.29, 1.82) is 0 Å². The lowest BCUT2D eigenvalue weighted by molar-refractivity contribution is 0.100. The molecule has 33 heavy (non-hydrogen) atoms. The third-order valence-electron chi connectivity index (χ3n) is 4.71. The van der Waals surface area contributed by atoms with E-state index in [9.17, 15) is 9.59 Å². The summed E-state index contributed by atoms with van der Waals surface area (Å²) in [4.78, 5) is 28.5. The number of benzene rings is 2. The molecule has 0 aliphatic heterocycles. The number of hydrogen-bond acceptors (Lipinski definition) is 5. The van der Waals surface area contributed by atoms with Crippen LogP contribution in [0.2, 0.25) is 5.02 Å². The molecule has 9 nitrogen and oxygen atoms in total. The summed E-state index contributed by atoms with van der Waals surface area (Å²) in [5.74, 6) is 0.132. The number of halogens is 1. The summed E-state index contributed by atoms with van der Waals surface area (Å²) in [6.45, 7) is 3.77. The van der Waals surface area contributed by atoms with Crippen LogP contribution in [-0.4, -0.2) is 34.5 Å².